The van der Waals surface area contributed by atoms with Crippen LogP contribution in [-0.2, 0) is 14.8 Å². The summed E-state index contributed by atoms with van der Waals surface area (Å²) in [5.74, 6) is 0.124. The summed E-state index contributed by atoms with van der Waals surface area (Å²) < 4.78 is 26.7. The number of rotatable bonds is 2. The van der Waals surface area contributed by atoms with Gasteiger partial charge in [-0.25, -0.2) is 8.42 Å². The molecule has 2 aliphatic heterocycles. The Hall–Kier alpha value is -0.430. The second kappa shape index (κ2) is 5.33. The van der Waals surface area contributed by atoms with Crippen LogP contribution < -0.4 is 0 Å². The number of fused-ring (bicyclic) bond motifs is 2. The normalized spacial score (nSPS) is 30.4. The molecule has 0 N–H and O–H groups in total. The average Bonchev–Trinajstić information content (AvgIpc) is 2.36. The number of Topliss-reactive ketones (excluding diaryl/α,β-unsaturated/α-hetero) is 1. The van der Waals surface area contributed by atoms with Crippen molar-refractivity contribution in [1.29, 1.82) is 0 Å². The number of carbonyl (C=O) groups excluding carboxylic acids is 1. The third kappa shape index (κ3) is 2.67. The Bertz CT molecular complexity index is 676. The number of ketones is 1. The fourth-order valence-corrected chi connectivity index (χ4v) is 6.73. The molecule has 7 heteroatoms. The maximum atomic E-state index is 13.0. The third-order valence-electron chi connectivity index (χ3n) is 4.13. The second-order valence-corrected chi connectivity index (χ2v) is 9.37. The van der Waals surface area contributed by atoms with Crippen LogP contribution in [0.3, 0.4) is 0 Å². The second-order valence-electron chi connectivity index (χ2n) is 5.64. The molecule has 2 saturated heterocycles. The number of carbonyl (C=O) groups is 1. The lowest BCUT2D eigenvalue weighted by molar-refractivity contribution is -0.125. The molecule has 2 fully saturated rings. The van der Waals surface area contributed by atoms with Gasteiger partial charge in [0.2, 0.25) is 10.0 Å². The summed E-state index contributed by atoms with van der Waals surface area (Å²) in [5.41, 5.74) is 0. The summed E-state index contributed by atoms with van der Waals surface area (Å²) in [6.07, 6.45) is 2.85. The summed E-state index contributed by atoms with van der Waals surface area (Å²) in [4.78, 5) is 12.1. The maximum absolute atomic E-state index is 13.0. The summed E-state index contributed by atoms with van der Waals surface area (Å²) in [5, 5.41) is 0.497. The number of sulfonamides is 1. The number of piperidine rings is 2. The van der Waals surface area contributed by atoms with E-state index >= 15 is 0 Å². The van der Waals surface area contributed by atoms with Crippen LogP contribution in [0.1, 0.15) is 32.1 Å². The molecule has 2 heterocycles. The molecule has 1 aromatic carbocycles. The summed E-state index contributed by atoms with van der Waals surface area (Å²) in [6.45, 7) is 0. The van der Waals surface area contributed by atoms with Gasteiger partial charge in [0.25, 0.3) is 0 Å². The van der Waals surface area contributed by atoms with Crippen LogP contribution in [0, 0.1) is 0 Å². The van der Waals surface area contributed by atoms with Crippen molar-refractivity contribution in [2.45, 2.75) is 47.5 Å². The minimum Gasteiger partial charge on any atom is -0.300 e. The van der Waals surface area contributed by atoms with Crippen molar-refractivity contribution >= 4 is 43.3 Å². The van der Waals surface area contributed by atoms with Crippen LogP contribution in [0.4, 0.5) is 0 Å². The smallest absolute Gasteiger partial charge is 0.244 e. The van der Waals surface area contributed by atoms with Crippen molar-refractivity contribution in [2.24, 2.45) is 0 Å². The number of halogens is 2. The lowest BCUT2D eigenvalue weighted by atomic mass is 9.86. The van der Waals surface area contributed by atoms with Gasteiger partial charge in [0, 0.05) is 23.9 Å². The van der Waals surface area contributed by atoms with E-state index in [1.165, 1.54) is 16.4 Å². The Morgan fingerprint density at radius 2 is 1.95 bits per heavy atom. The molecule has 0 amide bonds. The molecule has 21 heavy (non-hydrogen) atoms. The first-order valence-electron chi connectivity index (χ1n) is 6.84. The Balaban J connectivity index is 2.05. The van der Waals surface area contributed by atoms with Crippen molar-refractivity contribution in [3.05, 3.63) is 29.3 Å². The van der Waals surface area contributed by atoms with E-state index in [0.29, 0.717) is 17.9 Å². The third-order valence-corrected chi connectivity index (χ3v) is 7.70. The van der Waals surface area contributed by atoms with Gasteiger partial charge in [-0.1, -0.05) is 27.5 Å². The van der Waals surface area contributed by atoms with Gasteiger partial charge in [-0.05, 0) is 43.5 Å². The molecule has 2 unspecified atom stereocenters. The first-order chi connectivity index (χ1) is 9.83. The first-order valence-corrected chi connectivity index (χ1v) is 9.45. The van der Waals surface area contributed by atoms with Crippen LogP contribution in [0.25, 0.3) is 0 Å². The first kappa shape index (κ1) is 15.5. The predicted octanol–water partition coefficient (Wildman–Crippen LogP) is 3.34. The lowest BCUT2D eigenvalue weighted by Gasteiger charge is -2.49. The highest BCUT2D eigenvalue weighted by Crippen LogP contribution is 2.47. The van der Waals surface area contributed by atoms with Crippen molar-refractivity contribution in [3.63, 3.8) is 0 Å². The zero-order valence-electron chi connectivity index (χ0n) is 11.3. The highest BCUT2D eigenvalue weighted by molar-refractivity contribution is 9.10. The molecule has 3 rings (SSSR count). The van der Waals surface area contributed by atoms with E-state index in [4.69, 9.17) is 11.6 Å². The average molecular weight is 393 g/mol. The lowest BCUT2D eigenvalue weighted by Crippen LogP contribution is -2.60. The van der Waals surface area contributed by atoms with Gasteiger partial charge in [0.15, 0.2) is 0 Å². The highest BCUT2D eigenvalue weighted by atomic mass is 79.9. The number of hydrogen-bond donors (Lipinski definition) is 0. The van der Waals surface area contributed by atoms with E-state index in [1.54, 1.807) is 12.1 Å². The topological polar surface area (TPSA) is 54.5 Å². The van der Waals surface area contributed by atoms with Crippen molar-refractivity contribution in [3.8, 4) is 0 Å². The zero-order chi connectivity index (χ0) is 15.3. The summed E-state index contributed by atoms with van der Waals surface area (Å²) in [7, 11) is -3.64. The van der Waals surface area contributed by atoms with E-state index in [-0.39, 0.29) is 23.1 Å². The molecule has 114 valence electrons. The summed E-state index contributed by atoms with van der Waals surface area (Å²) >= 11 is 9.37. The van der Waals surface area contributed by atoms with E-state index in [2.05, 4.69) is 15.9 Å². The SMILES string of the molecule is O=C1CC2CCCC(Br)(C1)N2S(=O)(=O)c1ccc(Cl)cc1. The maximum Gasteiger partial charge on any atom is 0.244 e. The number of nitrogens with zero attached hydrogens (tertiary/aromatic N) is 1. The van der Waals surface area contributed by atoms with Crippen LogP contribution >= 0.6 is 27.5 Å². The van der Waals surface area contributed by atoms with Gasteiger partial charge in [0.05, 0.1) is 9.34 Å². The fraction of sp³-hybridized carbons (Fsp3) is 0.500. The van der Waals surface area contributed by atoms with E-state index < -0.39 is 14.5 Å². The molecule has 0 spiro atoms. The van der Waals surface area contributed by atoms with Crippen LogP contribution in [0.15, 0.2) is 29.2 Å². The Labute approximate surface area is 137 Å². The van der Waals surface area contributed by atoms with E-state index in [9.17, 15) is 13.2 Å². The molecule has 0 aliphatic carbocycles. The van der Waals surface area contributed by atoms with E-state index in [1.807, 2.05) is 0 Å². The van der Waals surface area contributed by atoms with E-state index in [0.717, 1.165) is 12.8 Å². The Morgan fingerprint density at radius 3 is 2.57 bits per heavy atom. The van der Waals surface area contributed by atoms with Crippen molar-refractivity contribution in [2.75, 3.05) is 0 Å². The molecule has 0 aromatic heterocycles. The number of benzene rings is 1. The van der Waals surface area contributed by atoms with Crippen molar-refractivity contribution in [1.82, 2.24) is 4.31 Å². The fourth-order valence-electron chi connectivity index (χ4n) is 3.28. The molecule has 0 radical (unpaired) electrons. The molecule has 4 nitrogen and oxygen atoms in total. The monoisotopic (exact) mass is 391 g/mol. The molecule has 2 aliphatic rings. The van der Waals surface area contributed by atoms with Crippen LogP contribution in [0.5, 0.6) is 0 Å². The van der Waals surface area contributed by atoms with Gasteiger partial charge in [-0.3, -0.25) is 4.79 Å². The van der Waals surface area contributed by atoms with Gasteiger partial charge in [-0.15, -0.1) is 0 Å². The molecular formula is C14H15BrClNO3S. The molecule has 2 bridgehead atoms. The summed E-state index contributed by atoms with van der Waals surface area (Å²) in [6, 6.07) is 5.92. The minimum absolute atomic E-state index is 0.124. The molecule has 1 aromatic rings. The largest absolute Gasteiger partial charge is 0.300 e. The molecular weight excluding hydrogens is 378 g/mol. The minimum atomic E-state index is -3.64. The van der Waals surface area contributed by atoms with Gasteiger partial charge >= 0.3 is 0 Å². The zero-order valence-corrected chi connectivity index (χ0v) is 14.4. The van der Waals surface area contributed by atoms with Gasteiger partial charge < -0.3 is 0 Å². The quantitative estimate of drug-likeness (QED) is 0.573. The van der Waals surface area contributed by atoms with Crippen LogP contribution in [-0.4, -0.2) is 29.0 Å². The standard InChI is InChI=1S/C14H15BrClNO3S/c15-14-7-1-2-11(8-12(18)9-14)17(14)21(19,20)13-5-3-10(16)4-6-13/h3-6,11H,1-2,7-9H2. The number of hydrogen-bond acceptors (Lipinski definition) is 3. The predicted molar refractivity (Wildman–Crippen MR) is 84.0 cm³/mol. The Morgan fingerprint density at radius 1 is 1.29 bits per heavy atom. The Kier molecular flexibility index (Phi) is 3.93. The van der Waals surface area contributed by atoms with Gasteiger partial charge in [0.1, 0.15) is 5.78 Å². The number of alkyl halides is 1. The molecule has 0 saturated carbocycles. The van der Waals surface area contributed by atoms with Crippen molar-refractivity contribution < 1.29 is 13.2 Å². The van der Waals surface area contributed by atoms with Crippen LogP contribution in [0.2, 0.25) is 5.02 Å². The highest BCUT2D eigenvalue weighted by Gasteiger charge is 2.53. The van der Waals surface area contributed by atoms with Gasteiger partial charge in [-0.2, -0.15) is 4.31 Å². The molecule has 2 atom stereocenters.